The van der Waals surface area contributed by atoms with Crippen LogP contribution in [0.1, 0.15) is 25.1 Å². The molecule has 0 amide bonds. The molecule has 1 aromatic carbocycles. The fourth-order valence-electron chi connectivity index (χ4n) is 2.26. The Kier molecular flexibility index (Phi) is 3.18. The number of imidazole rings is 1. The zero-order valence-corrected chi connectivity index (χ0v) is 12.4. The number of aromatic nitrogens is 2. The van der Waals surface area contributed by atoms with Crippen molar-refractivity contribution in [2.45, 2.75) is 25.7 Å². The number of fused-ring (bicyclic) bond motifs is 1. The first-order chi connectivity index (χ1) is 9.57. The minimum Gasteiger partial charge on any atom is -0.298 e. The second-order valence-corrected chi connectivity index (χ2v) is 6.29. The van der Waals surface area contributed by atoms with Crippen LogP contribution in [-0.4, -0.2) is 15.2 Å². The molecular weight excluding hydrogens is 268 g/mol. The smallest absolute Gasteiger partial charge is 0.193 e. The molecule has 0 radical (unpaired) electrons. The van der Waals surface area contributed by atoms with Gasteiger partial charge in [-0.3, -0.25) is 9.20 Å². The number of thiazole rings is 1. The molecule has 3 nitrogen and oxygen atoms in total. The average Bonchev–Trinajstić information content (AvgIpc) is 3.00. The van der Waals surface area contributed by atoms with E-state index in [-0.39, 0.29) is 5.78 Å². The van der Waals surface area contributed by atoms with E-state index in [4.69, 9.17) is 0 Å². The summed E-state index contributed by atoms with van der Waals surface area (Å²) in [5.41, 5.74) is 1.40. The highest BCUT2D eigenvalue weighted by atomic mass is 32.1. The van der Waals surface area contributed by atoms with Crippen molar-refractivity contribution < 1.29 is 4.79 Å². The maximum Gasteiger partial charge on any atom is 0.193 e. The fourth-order valence-corrected chi connectivity index (χ4v) is 2.98. The molecule has 0 spiro atoms. The first-order valence-electron chi connectivity index (χ1n) is 6.57. The van der Waals surface area contributed by atoms with Gasteiger partial charge >= 0.3 is 0 Å². The summed E-state index contributed by atoms with van der Waals surface area (Å²) < 4.78 is 1.96. The Labute approximate surface area is 121 Å². The van der Waals surface area contributed by atoms with Gasteiger partial charge in [-0.25, -0.2) is 4.98 Å². The Morgan fingerprint density at radius 3 is 2.75 bits per heavy atom. The van der Waals surface area contributed by atoms with Gasteiger partial charge in [-0.05, 0) is 19.4 Å². The van der Waals surface area contributed by atoms with Gasteiger partial charge in [0.25, 0.3) is 0 Å². The second-order valence-electron chi connectivity index (χ2n) is 5.42. The molecule has 20 heavy (non-hydrogen) atoms. The summed E-state index contributed by atoms with van der Waals surface area (Å²) in [5, 5.41) is 1.99. The number of benzene rings is 1. The lowest BCUT2D eigenvalue weighted by molar-refractivity contribution is -0.122. The number of hydrogen-bond acceptors (Lipinski definition) is 3. The highest BCUT2D eigenvalue weighted by molar-refractivity contribution is 7.15. The summed E-state index contributed by atoms with van der Waals surface area (Å²) >= 11 is 1.58. The van der Waals surface area contributed by atoms with Crippen molar-refractivity contribution in [3.8, 4) is 0 Å². The quantitative estimate of drug-likeness (QED) is 0.735. The van der Waals surface area contributed by atoms with Gasteiger partial charge in [0.2, 0.25) is 0 Å². The van der Waals surface area contributed by atoms with Crippen molar-refractivity contribution in [3.05, 3.63) is 59.4 Å². The van der Waals surface area contributed by atoms with E-state index in [2.05, 4.69) is 4.98 Å². The highest BCUT2D eigenvalue weighted by Crippen LogP contribution is 2.25. The van der Waals surface area contributed by atoms with E-state index in [1.165, 1.54) is 0 Å². The van der Waals surface area contributed by atoms with Gasteiger partial charge in [0.05, 0.1) is 12.1 Å². The van der Waals surface area contributed by atoms with Gasteiger partial charge in [-0.1, -0.05) is 30.3 Å². The zero-order valence-electron chi connectivity index (χ0n) is 11.5. The number of hydrogen-bond donors (Lipinski definition) is 0. The molecule has 2 aromatic heterocycles. The lowest BCUT2D eigenvalue weighted by Gasteiger charge is -2.23. The predicted octanol–water partition coefficient (Wildman–Crippen LogP) is 3.49. The van der Waals surface area contributed by atoms with Gasteiger partial charge in [0.1, 0.15) is 5.78 Å². The number of carbonyl (C=O) groups is 1. The Balaban J connectivity index is 1.83. The minimum atomic E-state index is -0.488. The van der Waals surface area contributed by atoms with Crippen LogP contribution in [0.4, 0.5) is 0 Å². The highest BCUT2D eigenvalue weighted by Gasteiger charge is 2.29. The number of ketones is 1. The molecule has 0 atom stereocenters. The minimum absolute atomic E-state index is 0.189. The molecule has 2 heterocycles. The first kappa shape index (κ1) is 13.1. The summed E-state index contributed by atoms with van der Waals surface area (Å²) in [7, 11) is 0. The van der Waals surface area contributed by atoms with Crippen LogP contribution in [0.15, 0.2) is 48.1 Å². The summed E-state index contributed by atoms with van der Waals surface area (Å²) in [6.45, 7) is 3.95. The molecule has 0 saturated heterocycles. The summed E-state index contributed by atoms with van der Waals surface area (Å²) in [6, 6.07) is 9.91. The second kappa shape index (κ2) is 4.87. The van der Waals surface area contributed by atoms with Crippen LogP contribution in [0, 0.1) is 0 Å². The third-order valence-corrected chi connectivity index (χ3v) is 4.45. The molecule has 3 aromatic rings. The molecule has 3 rings (SSSR count). The maximum absolute atomic E-state index is 12.6. The molecule has 4 heteroatoms. The summed E-state index contributed by atoms with van der Waals surface area (Å²) in [6.07, 6.45) is 4.27. The maximum atomic E-state index is 12.6. The van der Waals surface area contributed by atoms with Crippen LogP contribution in [0.2, 0.25) is 0 Å². The van der Waals surface area contributed by atoms with E-state index in [1.54, 1.807) is 11.3 Å². The van der Waals surface area contributed by atoms with Crippen molar-refractivity contribution in [1.82, 2.24) is 9.38 Å². The third-order valence-electron chi connectivity index (χ3n) is 3.68. The van der Waals surface area contributed by atoms with Crippen molar-refractivity contribution >= 4 is 22.1 Å². The SMILES string of the molecule is CC(C)(C(=O)Cc1cn2ccsc2n1)c1ccccc1. The van der Waals surface area contributed by atoms with Crippen LogP contribution >= 0.6 is 11.3 Å². The molecule has 0 bridgehead atoms. The summed E-state index contributed by atoms with van der Waals surface area (Å²) in [4.78, 5) is 18.0. The molecule has 0 aliphatic carbocycles. The lowest BCUT2D eigenvalue weighted by atomic mass is 9.79. The number of carbonyl (C=O) groups excluding carboxylic acids is 1. The topological polar surface area (TPSA) is 34.4 Å². The molecule has 0 aliphatic heterocycles. The van der Waals surface area contributed by atoms with Crippen molar-refractivity contribution in [1.29, 1.82) is 0 Å². The van der Waals surface area contributed by atoms with E-state index >= 15 is 0 Å². The van der Waals surface area contributed by atoms with Gasteiger partial charge in [-0.15, -0.1) is 11.3 Å². The Hall–Kier alpha value is -1.94. The van der Waals surface area contributed by atoms with Crippen LogP contribution < -0.4 is 0 Å². The first-order valence-corrected chi connectivity index (χ1v) is 7.45. The standard InChI is InChI=1S/C16H16N2OS/c1-16(2,12-6-4-3-5-7-12)14(19)10-13-11-18-8-9-20-15(18)17-13/h3-9,11H,10H2,1-2H3. The van der Waals surface area contributed by atoms with Crippen LogP contribution in [0.5, 0.6) is 0 Å². The molecule has 102 valence electrons. The summed E-state index contributed by atoms with van der Waals surface area (Å²) in [5.74, 6) is 0.189. The van der Waals surface area contributed by atoms with Gasteiger partial charge in [-0.2, -0.15) is 0 Å². The van der Waals surface area contributed by atoms with Gasteiger partial charge in [0, 0.05) is 23.2 Å². The van der Waals surface area contributed by atoms with E-state index in [0.717, 1.165) is 16.2 Å². The van der Waals surface area contributed by atoms with E-state index in [1.807, 2.05) is 66.4 Å². The molecule has 0 N–H and O–H groups in total. The van der Waals surface area contributed by atoms with Crippen LogP contribution in [0.3, 0.4) is 0 Å². The predicted molar refractivity (Wildman–Crippen MR) is 81.2 cm³/mol. The van der Waals surface area contributed by atoms with E-state index < -0.39 is 5.41 Å². The Bertz CT molecular complexity index is 712. The Morgan fingerprint density at radius 2 is 2.05 bits per heavy atom. The van der Waals surface area contributed by atoms with Crippen molar-refractivity contribution in [2.24, 2.45) is 0 Å². The number of Topliss-reactive ketones (excluding diaryl/α,β-unsaturated/α-hetero) is 1. The number of nitrogens with zero attached hydrogens (tertiary/aromatic N) is 2. The van der Waals surface area contributed by atoms with Crippen molar-refractivity contribution in [2.75, 3.05) is 0 Å². The fraction of sp³-hybridized carbons (Fsp3) is 0.250. The Morgan fingerprint density at radius 1 is 1.30 bits per heavy atom. The van der Waals surface area contributed by atoms with Crippen LogP contribution in [-0.2, 0) is 16.6 Å². The molecule has 0 saturated carbocycles. The lowest BCUT2D eigenvalue weighted by Crippen LogP contribution is -2.30. The van der Waals surface area contributed by atoms with E-state index in [9.17, 15) is 4.79 Å². The molecule has 0 aliphatic rings. The van der Waals surface area contributed by atoms with Crippen LogP contribution in [0.25, 0.3) is 4.96 Å². The van der Waals surface area contributed by atoms with Crippen molar-refractivity contribution in [3.63, 3.8) is 0 Å². The molecule has 0 fully saturated rings. The molecular formula is C16H16N2OS. The molecule has 0 unspecified atom stereocenters. The third kappa shape index (κ3) is 2.27. The van der Waals surface area contributed by atoms with E-state index in [0.29, 0.717) is 6.42 Å². The zero-order chi connectivity index (χ0) is 14.2. The van der Waals surface area contributed by atoms with Gasteiger partial charge in [0.15, 0.2) is 4.96 Å². The average molecular weight is 284 g/mol. The van der Waals surface area contributed by atoms with Gasteiger partial charge < -0.3 is 0 Å². The monoisotopic (exact) mass is 284 g/mol. The number of rotatable bonds is 4. The normalized spacial score (nSPS) is 11.9. The largest absolute Gasteiger partial charge is 0.298 e.